The van der Waals surface area contributed by atoms with Crippen molar-refractivity contribution in [1.29, 1.82) is 0 Å². The van der Waals surface area contributed by atoms with Crippen LogP contribution in [0.15, 0.2) is 0 Å². The van der Waals surface area contributed by atoms with Gasteiger partial charge in [-0.05, 0) is 25.2 Å². The van der Waals surface area contributed by atoms with E-state index in [4.69, 9.17) is 0 Å². The Morgan fingerprint density at radius 1 is 1.24 bits per heavy atom. The minimum Gasteiger partial charge on any atom is -0.395 e. The highest BCUT2D eigenvalue weighted by molar-refractivity contribution is 7.87. The molecule has 0 radical (unpaired) electrons. The second kappa shape index (κ2) is 5.65. The molecule has 5 nitrogen and oxygen atoms in total. The summed E-state index contributed by atoms with van der Waals surface area (Å²) < 4.78 is 28.2. The van der Waals surface area contributed by atoms with Crippen LogP contribution >= 0.6 is 0 Å². The van der Waals surface area contributed by atoms with E-state index in [2.05, 4.69) is 4.72 Å². The van der Waals surface area contributed by atoms with Gasteiger partial charge in [-0.3, -0.25) is 0 Å². The van der Waals surface area contributed by atoms with Crippen molar-refractivity contribution in [2.75, 3.05) is 19.7 Å². The zero-order valence-electron chi connectivity index (χ0n) is 10.1. The van der Waals surface area contributed by atoms with E-state index in [1.807, 2.05) is 0 Å². The van der Waals surface area contributed by atoms with Crippen LogP contribution in [0.1, 0.15) is 38.5 Å². The smallest absolute Gasteiger partial charge is 0.279 e. The van der Waals surface area contributed by atoms with Crippen molar-refractivity contribution in [2.45, 2.75) is 44.6 Å². The summed E-state index contributed by atoms with van der Waals surface area (Å²) in [5, 5.41) is 9.21. The van der Waals surface area contributed by atoms with Crippen LogP contribution in [0.4, 0.5) is 0 Å². The van der Waals surface area contributed by atoms with E-state index >= 15 is 0 Å². The SMILES string of the molecule is O=S(=O)(NCCC1CC1)N1CCCCC1CO. The number of hydrogen-bond acceptors (Lipinski definition) is 3. The van der Waals surface area contributed by atoms with Gasteiger partial charge < -0.3 is 5.11 Å². The molecule has 0 aromatic heterocycles. The van der Waals surface area contributed by atoms with Crippen LogP contribution in [-0.2, 0) is 10.2 Å². The molecule has 2 aliphatic rings. The zero-order chi connectivity index (χ0) is 12.3. The summed E-state index contributed by atoms with van der Waals surface area (Å²) in [6.07, 6.45) is 6.08. The lowest BCUT2D eigenvalue weighted by atomic mass is 10.1. The number of aliphatic hydroxyl groups is 1. The van der Waals surface area contributed by atoms with E-state index in [-0.39, 0.29) is 12.6 Å². The molecule has 0 bridgehead atoms. The highest BCUT2D eigenvalue weighted by Gasteiger charge is 2.31. The van der Waals surface area contributed by atoms with Crippen molar-refractivity contribution in [3.05, 3.63) is 0 Å². The molecule has 17 heavy (non-hydrogen) atoms. The molecule has 1 unspecified atom stereocenters. The van der Waals surface area contributed by atoms with Gasteiger partial charge in [0.05, 0.1) is 6.61 Å². The van der Waals surface area contributed by atoms with Crippen LogP contribution in [-0.4, -0.2) is 43.6 Å². The summed E-state index contributed by atoms with van der Waals surface area (Å²) in [6, 6.07) is -0.234. The van der Waals surface area contributed by atoms with Crippen LogP contribution in [0.5, 0.6) is 0 Å². The summed E-state index contributed by atoms with van der Waals surface area (Å²) in [6.45, 7) is 0.981. The van der Waals surface area contributed by atoms with Crippen molar-refractivity contribution in [3.8, 4) is 0 Å². The van der Waals surface area contributed by atoms with Crippen molar-refractivity contribution in [1.82, 2.24) is 9.03 Å². The minimum atomic E-state index is -3.39. The van der Waals surface area contributed by atoms with Crippen LogP contribution in [0.2, 0.25) is 0 Å². The minimum absolute atomic E-state index is 0.0798. The fourth-order valence-corrected chi connectivity index (χ4v) is 3.83. The largest absolute Gasteiger partial charge is 0.395 e. The van der Waals surface area contributed by atoms with Gasteiger partial charge in [0.15, 0.2) is 0 Å². The molecule has 2 N–H and O–H groups in total. The average Bonchev–Trinajstić information content (AvgIpc) is 3.13. The van der Waals surface area contributed by atoms with E-state index in [1.54, 1.807) is 0 Å². The summed E-state index contributed by atoms with van der Waals surface area (Å²) in [7, 11) is -3.39. The van der Waals surface area contributed by atoms with Crippen molar-refractivity contribution >= 4 is 10.2 Å². The Morgan fingerprint density at radius 3 is 2.65 bits per heavy atom. The summed E-state index contributed by atoms with van der Waals surface area (Å²) >= 11 is 0. The van der Waals surface area contributed by atoms with E-state index in [9.17, 15) is 13.5 Å². The van der Waals surface area contributed by atoms with Crippen molar-refractivity contribution in [2.24, 2.45) is 5.92 Å². The van der Waals surface area contributed by atoms with Gasteiger partial charge >= 0.3 is 0 Å². The van der Waals surface area contributed by atoms with Crippen molar-refractivity contribution < 1.29 is 13.5 Å². The predicted molar refractivity (Wildman–Crippen MR) is 65.7 cm³/mol. The first-order valence-corrected chi connectivity index (χ1v) is 7.95. The Balaban J connectivity index is 1.87. The molecular weight excluding hydrogens is 240 g/mol. The number of rotatable bonds is 6. The van der Waals surface area contributed by atoms with Gasteiger partial charge in [-0.25, -0.2) is 4.72 Å². The number of piperidine rings is 1. The van der Waals surface area contributed by atoms with Crippen LogP contribution < -0.4 is 4.72 Å². The molecule has 2 fully saturated rings. The van der Waals surface area contributed by atoms with Gasteiger partial charge in [-0.1, -0.05) is 19.3 Å². The van der Waals surface area contributed by atoms with E-state index in [0.717, 1.165) is 31.6 Å². The molecule has 2 rings (SSSR count). The Bertz CT molecular complexity index is 341. The number of nitrogens with one attached hydrogen (secondary N) is 1. The Labute approximate surface area is 103 Å². The molecule has 6 heteroatoms. The lowest BCUT2D eigenvalue weighted by Crippen LogP contribution is -2.50. The first kappa shape index (κ1) is 13.3. The normalized spacial score (nSPS) is 27.2. The number of aliphatic hydroxyl groups excluding tert-OH is 1. The topological polar surface area (TPSA) is 69.6 Å². The molecule has 1 aliphatic carbocycles. The maximum atomic E-state index is 12.1. The lowest BCUT2D eigenvalue weighted by Gasteiger charge is -2.33. The summed E-state index contributed by atoms with van der Waals surface area (Å²) in [4.78, 5) is 0. The third-order valence-corrected chi connectivity index (χ3v) is 5.29. The second-order valence-corrected chi connectivity index (χ2v) is 6.78. The third kappa shape index (κ3) is 3.64. The highest BCUT2D eigenvalue weighted by atomic mass is 32.2. The van der Waals surface area contributed by atoms with Gasteiger partial charge in [0.25, 0.3) is 10.2 Å². The maximum Gasteiger partial charge on any atom is 0.279 e. The van der Waals surface area contributed by atoms with E-state index in [1.165, 1.54) is 17.1 Å². The molecule has 0 aromatic rings. The first-order chi connectivity index (χ1) is 8.13. The Hall–Kier alpha value is -0.170. The molecule has 0 spiro atoms. The molecule has 0 amide bonds. The zero-order valence-corrected chi connectivity index (χ0v) is 11.0. The molecule has 1 heterocycles. The van der Waals surface area contributed by atoms with Gasteiger partial charge in [-0.2, -0.15) is 12.7 Å². The van der Waals surface area contributed by atoms with Crippen molar-refractivity contribution in [3.63, 3.8) is 0 Å². The van der Waals surface area contributed by atoms with Gasteiger partial charge in [0, 0.05) is 19.1 Å². The van der Waals surface area contributed by atoms with E-state index in [0.29, 0.717) is 13.1 Å². The van der Waals surface area contributed by atoms with Crippen LogP contribution in [0, 0.1) is 5.92 Å². The summed E-state index contributed by atoms with van der Waals surface area (Å²) in [5.41, 5.74) is 0. The fraction of sp³-hybridized carbons (Fsp3) is 1.00. The van der Waals surface area contributed by atoms with Crippen LogP contribution in [0.3, 0.4) is 0 Å². The molecule has 0 aromatic carbocycles. The fourth-order valence-electron chi connectivity index (χ4n) is 2.35. The number of hydrogen-bond donors (Lipinski definition) is 2. The molecule has 1 aliphatic heterocycles. The molecule has 1 atom stereocenters. The predicted octanol–water partition coefficient (Wildman–Crippen LogP) is 0.468. The van der Waals surface area contributed by atoms with E-state index < -0.39 is 10.2 Å². The van der Waals surface area contributed by atoms with Crippen LogP contribution in [0.25, 0.3) is 0 Å². The average molecular weight is 262 g/mol. The third-order valence-electron chi connectivity index (χ3n) is 3.63. The molecule has 100 valence electrons. The second-order valence-electron chi connectivity index (χ2n) is 5.07. The quantitative estimate of drug-likeness (QED) is 0.731. The maximum absolute atomic E-state index is 12.1. The van der Waals surface area contributed by atoms with Gasteiger partial charge in [0.1, 0.15) is 0 Å². The first-order valence-electron chi connectivity index (χ1n) is 6.51. The summed E-state index contributed by atoms with van der Waals surface area (Å²) in [5.74, 6) is 0.729. The standard InChI is InChI=1S/C11H22N2O3S/c14-9-11-3-1-2-8-13(11)17(15,16)12-7-6-10-4-5-10/h10-12,14H,1-9H2. The monoisotopic (exact) mass is 262 g/mol. The van der Waals surface area contributed by atoms with Gasteiger partial charge in [0.2, 0.25) is 0 Å². The molecule has 1 saturated heterocycles. The molecular formula is C11H22N2O3S. The Kier molecular flexibility index (Phi) is 4.41. The lowest BCUT2D eigenvalue weighted by molar-refractivity contribution is 0.154. The number of nitrogens with zero attached hydrogens (tertiary/aromatic N) is 1. The highest BCUT2D eigenvalue weighted by Crippen LogP contribution is 2.31. The molecule has 1 saturated carbocycles. The van der Waals surface area contributed by atoms with Gasteiger partial charge in [-0.15, -0.1) is 0 Å². The Morgan fingerprint density at radius 2 is 2.00 bits per heavy atom.